The van der Waals surface area contributed by atoms with E-state index in [2.05, 4.69) is 0 Å². The molecular weight excluding hydrogens is 164 g/mol. The number of carbonyl (C=O) groups is 1. The van der Waals surface area contributed by atoms with Gasteiger partial charge >= 0.3 is 0 Å². The number of carbonyl (C=O) groups excluding carboxylic acids is 1. The molecule has 0 saturated carbocycles. The van der Waals surface area contributed by atoms with Gasteiger partial charge in [0.15, 0.2) is 5.78 Å². The van der Waals surface area contributed by atoms with Crippen molar-refractivity contribution in [1.82, 2.24) is 0 Å². The predicted molar refractivity (Wildman–Crippen MR) is 45.1 cm³/mol. The van der Waals surface area contributed by atoms with Gasteiger partial charge in [-0.25, -0.2) is 0 Å². The molecule has 0 aliphatic carbocycles. The van der Waals surface area contributed by atoms with Gasteiger partial charge in [0.1, 0.15) is 0 Å². The van der Waals surface area contributed by atoms with E-state index in [1.54, 1.807) is 12.1 Å². The Morgan fingerprint density at radius 2 is 1.82 bits per heavy atom. The zero-order valence-corrected chi connectivity index (χ0v) is 6.64. The van der Waals surface area contributed by atoms with Gasteiger partial charge in [0.05, 0.1) is 5.88 Å². The Bertz CT molecular complexity index is 221. The van der Waals surface area contributed by atoms with Gasteiger partial charge in [-0.3, -0.25) is 4.79 Å². The Balaban J connectivity index is 0.000001000. The first-order chi connectivity index (χ1) is 4.84. The van der Waals surface area contributed by atoms with E-state index in [4.69, 9.17) is 11.6 Å². The van der Waals surface area contributed by atoms with Gasteiger partial charge in [0.2, 0.25) is 0 Å². The minimum Gasteiger partial charge on any atom is -0.412 e. The second-order valence-electron chi connectivity index (χ2n) is 1.92. The van der Waals surface area contributed by atoms with Gasteiger partial charge in [-0.15, -0.1) is 11.6 Å². The number of rotatable bonds is 2. The number of benzene rings is 1. The van der Waals surface area contributed by atoms with E-state index in [9.17, 15) is 4.79 Å². The summed E-state index contributed by atoms with van der Waals surface area (Å²) >= 11 is 5.34. The molecule has 2 N–H and O–H groups in total. The summed E-state index contributed by atoms with van der Waals surface area (Å²) in [7, 11) is 0. The molecule has 0 aliphatic heterocycles. The molecule has 1 aromatic rings. The maximum atomic E-state index is 10.9. The fourth-order valence-corrected chi connectivity index (χ4v) is 0.856. The summed E-state index contributed by atoms with van der Waals surface area (Å²) < 4.78 is 0. The van der Waals surface area contributed by atoms with Gasteiger partial charge < -0.3 is 5.48 Å². The second kappa shape index (κ2) is 4.88. The molecule has 1 aromatic carbocycles. The molecule has 3 heteroatoms. The summed E-state index contributed by atoms with van der Waals surface area (Å²) in [6.45, 7) is 0. The van der Waals surface area contributed by atoms with Crippen LogP contribution in [0.2, 0.25) is 0 Å². The SMILES string of the molecule is O.O=C(CCl)c1ccccc1. The highest BCUT2D eigenvalue weighted by atomic mass is 35.5. The molecule has 0 atom stereocenters. The smallest absolute Gasteiger partial charge is 0.177 e. The molecule has 11 heavy (non-hydrogen) atoms. The van der Waals surface area contributed by atoms with Crippen LogP contribution in [0.5, 0.6) is 0 Å². The van der Waals surface area contributed by atoms with Gasteiger partial charge in [-0.2, -0.15) is 0 Å². The lowest BCUT2D eigenvalue weighted by Gasteiger charge is -1.92. The lowest BCUT2D eigenvalue weighted by Crippen LogP contribution is -1.98. The zero-order chi connectivity index (χ0) is 7.40. The van der Waals surface area contributed by atoms with Crippen molar-refractivity contribution in [2.45, 2.75) is 0 Å². The number of hydrogen-bond acceptors (Lipinski definition) is 1. The third kappa shape index (κ3) is 2.70. The number of hydrogen-bond donors (Lipinski definition) is 0. The molecule has 0 bridgehead atoms. The van der Waals surface area contributed by atoms with Gasteiger partial charge in [0, 0.05) is 5.56 Å². The lowest BCUT2D eigenvalue weighted by molar-refractivity contribution is 0.102. The Morgan fingerprint density at radius 1 is 1.27 bits per heavy atom. The van der Waals surface area contributed by atoms with Gasteiger partial charge in [-0.1, -0.05) is 30.3 Å². The standard InChI is InChI=1S/C8H7ClO.H2O/c9-6-8(10)7-4-2-1-3-5-7;/h1-5H,6H2;1H2. The monoisotopic (exact) mass is 172 g/mol. The van der Waals surface area contributed by atoms with Crippen LogP contribution in [-0.2, 0) is 0 Å². The summed E-state index contributed by atoms with van der Waals surface area (Å²) in [5, 5.41) is 0. The Morgan fingerprint density at radius 3 is 2.27 bits per heavy atom. The molecule has 0 radical (unpaired) electrons. The highest BCUT2D eigenvalue weighted by molar-refractivity contribution is 6.30. The molecule has 0 heterocycles. The summed E-state index contributed by atoms with van der Waals surface area (Å²) in [5.41, 5.74) is 0.678. The number of ketones is 1. The fourth-order valence-electron chi connectivity index (χ4n) is 0.701. The summed E-state index contributed by atoms with van der Waals surface area (Å²) in [5.74, 6) is 0.0339. The third-order valence-electron chi connectivity index (χ3n) is 1.22. The lowest BCUT2D eigenvalue weighted by atomic mass is 10.2. The van der Waals surface area contributed by atoms with Crippen molar-refractivity contribution in [2.75, 3.05) is 5.88 Å². The number of alkyl halides is 1. The fraction of sp³-hybridized carbons (Fsp3) is 0.125. The van der Waals surface area contributed by atoms with Crippen LogP contribution >= 0.6 is 11.6 Å². The first kappa shape index (κ1) is 10.1. The Kier molecular flexibility index (Phi) is 4.50. The van der Waals surface area contributed by atoms with Crippen molar-refractivity contribution < 1.29 is 10.3 Å². The van der Waals surface area contributed by atoms with Crippen LogP contribution in [-0.4, -0.2) is 17.1 Å². The minimum absolute atomic E-state index is 0. The second-order valence-corrected chi connectivity index (χ2v) is 2.19. The highest BCUT2D eigenvalue weighted by Crippen LogP contribution is 2.00. The van der Waals surface area contributed by atoms with Crippen LogP contribution in [0.1, 0.15) is 10.4 Å². The number of halogens is 1. The average Bonchev–Trinajstić information content (AvgIpc) is 2.05. The number of Topliss-reactive ketones (excluding diaryl/α,β-unsaturated/α-hetero) is 1. The van der Waals surface area contributed by atoms with Crippen molar-refractivity contribution in [3.8, 4) is 0 Å². The molecule has 0 aliphatic rings. The summed E-state index contributed by atoms with van der Waals surface area (Å²) in [6.07, 6.45) is 0. The molecule has 0 spiro atoms. The van der Waals surface area contributed by atoms with Crippen LogP contribution in [0, 0.1) is 0 Å². The van der Waals surface area contributed by atoms with Crippen LogP contribution in [0.4, 0.5) is 0 Å². The molecule has 0 aromatic heterocycles. The van der Waals surface area contributed by atoms with Crippen molar-refractivity contribution in [2.24, 2.45) is 0 Å². The van der Waals surface area contributed by atoms with E-state index >= 15 is 0 Å². The first-order valence-electron chi connectivity index (χ1n) is 2.99. The molecule has 1 rings (SSSR count). The van der Waals surface area contributed by atoms with Crippen molar-refractivity contribution >= 4 is 17.4 Å². The maximum absolute atomic E-state index is 10.9. The molecule has 0 amide bonds. The molecule has 60 valence electrons. The van der Waals surface area contributed by atoms with E-state index < -0.39 is 0 Å². The largest absolute Gasteiger partial charge is 0.412 e. The summed E-state index contributed by atoms with van der Waals surface area (Å²) in [6, 6.07) is 9.01. The maximum Gasteiger partial charge on any atom is 0.177 e. The Labute approximate surface area is 70.1 Å². The van der Waals surface area contributed by atoms with Crippen LogP contribution in [0.25, 0.3) is 0 Å². The molecule has 0 unspecified atom stereocenters. The van der Waals surface area contributed by atoms with Crippen molar-refractivity contribution in [3.05, 3.63) is 35.9 Å². The van der Waals surface area contributed by atoms with Crippen molar-refractivity contribution in [3.63, 3.8) is 0 Å². The van der Waals surface area contributed by atoms with Gasteiger partial charge in [-0.05, 0) is 0 Å². The summed E-state index contributed by atoms with van der Waals surface area (Å²) in [4.78, 5) is 10.9. The molecule has 2 nitrogen and oxygen atoms in total. The quantitative estimate of drug-likeness (QED) is 0.490. The highest BCUT2D eigenvalue weighted by Gasteiger charge is 1.99. The topological polar surface area (TPSA) is 48.6 Å². The van der Waals surface area contributed by atoms with E-state index in [0.29, 0.717) is 5.56 Å². The van der Waals surface area contributed by atoms with Crippen LogP contribution in [0.15, 0.2) is 30.3 Å². The van der Waals surface area contributed by atoms with Gasteiger partial charge in [0.25, 0.3) is 0 Å². The van der Waals surface area contributed by atoms with E-state index in [1.165, 1.54) is 0 Å². The first-order valence-corrected chi connectivity index (χ1v) is 3.52. The normalized spacial score (nSPS) is 8.45. The van der Waals surface area contributed by atoms with E-state index in [-0.39, 0.29) is 17.1 Å². The van der Waals surface area contributed by atoms with E-state index in [0.717, 1.165) is 0 Å². The third-order valence-corrected chi connectivity index (χ3v) is 1.46. The van der Waals surface area contributed by atoms with Crippen LogP contribution in [0.3, 0.4) is 0 Å². The molecular formula is C8H9ClO2. The minimum atomic E-state index is -0.0257. The Hall–Kier alpha value is -0.860. The molecule has 0 saturated heterocycles. The van der Waals surface area contributed by atoms with E-state index in [1.807, 2.05) is 18.2 Å². The zero-order valence-electron chi connectivity index (χ0n) is 5.88. The van der Waals surface area contributed by atoms with Crippen molar-refractivity contribution in [1.29, 1.82) is 0 Å². The predicted octanol–water partition coefficient (Wildman–Crippen LogP) is 1.28. The molecule has 0 fully saturated rings. The van der Waals surface area contributed by atoms with Crippen LogP contribution < -0.4 is 0 Å². The average molecular weight is 173 g/mol.